The number of hydrogen-bond acceptors (Lipinski definition) is 4. The highest BCUT2D eigenvalue weighted by atomic mass is 17.3. The molecule has 1 aliphatic rings. The van der Waals surface area contributed by atoms with Crippen molar-refractivity contribution < 1.29 is 19.6 Å². The molecule has 1 rings (SSSR count). The summed E-state index contributed by atoms with van der Waals surface area (Å²) in [5.74, 6) is 0.0777. The molecule has 0 bridgehead atoms. The van der Waals surface area contributed by atoms with Crippen LogP contribution >= 0.6 is 0 Å². The first kappa shape index (κ1) is 21.9. The van der Waals surface area contributed by atoms with Crippen molar-refractivity contribution in [2.75, 3.05) is 0 Å². The number of hydrogen-bond donors (Lipinski definition) is 0. The summed E-state index contributed by atoms with van der Waals surface area (Å²) in [6, 6.07) is 0. The molecule has 24 heavy (non-hydrogen) atoms. The lowest BCUT2D eigenvalue weighted by Gasteiger charge is -2.44. The van der Waals surface area contributed by atoms with Crippen molar-refractivity contribution in [2.45, 2.75) is 117 Å². The molecule has 0 radical (unpaired) electrons. The predicted molar refractivity (Wildman–Crippen MR) is 97.2 cm³/mol. The lowest BCUT2D eigenvalue weighted by Crippen LogP contribution is -2.49. The summed E-state index contributed by atoms with van der Waals surface area (Å²) in [7, 11) is 0. The zero-order valence-electron chi connectivity index (χ0n) is 17.2. The molecule has 0 heterocycles. The second-order valence-electron chi connectivity index (χ2n) is 8.24. The van der Waals surface area contributed by atoms with Gasteiger partial charge in [0.2, 0.25) is 5.79 Å². The van der Waals surface area contributed by atoms with Crippen LogP contribution < -0.4 is 0 Å². The molecule has 2 atom stereocenters. The average Bonchev–Trinajstić information content (AvgIpc) is 2.60. The largest absolute Gasteiger partial charge is 0.236 e. The fraction of sp³-hybridized carbons (Fsp3) is 1.00. The normalized spacial score (nSPS) is 25.0. The van der Waals surface area contributed by atoms with Crippen molar-refractivity contribution in [2.24, 2.45) is 11.8 Å². The van der Waals surface area contributed by atoms with Gasteiger partial charge in [0, 0.05) is 12.3 Å². The van der Waals surface area contributed by atoms with E-state index in [4.69, 9.17) is 19.6 Å². The van der Waals surface area contributed by atoms with E-state index in [0.717, 1.165) is 44.9 Å². The van der Waals surface area contributed by atoms with Crippen LogP contribution in [0.4, 0.5) is 0 Å². The smallest absolute Gasteiger partial charge is 0.227 e. The van der Waals surface area contributed by atoms with Crippen LogP contribution in [0.2, 0.25) is 0 Å². The Bertz CT molecular complexity index is 339. The van der Waals surface area contributed by atoms with Gasteiger partial charge in [-0.3, -0.25) is 0 Å². The van der Waals surface area contributed by atoms with Gasteiger partial charge in [-0.05, 0) is 58.3 Å². The van der Waals surface area contributed by atoms with Crippen molar-refractivity contribution in [3.05, 3.63) is 0 Å². The van der Waals surface area contributed by atoms with Gasteiger partial charge in [0.15, 0.2) is 0 Å². The highest BCUT2D eigenvalue weighted by Crippen LogP contribution is 2.42. The Morgan fingerprint density at radius 1 is 0.833 bits per heavy atom. The second-order valence-corrected chi connectivity index (χ2v) is 8.24. The quantitative estimate of drug-likeness (QED) is 0.269. The van der Waals surface area contributed by atoms with E-state index in [1.54, 1.807) is 0 Å². The van der Waals surface area contributed by atoms with Crippen molar-refractivity contribution in [3.63, 3.8) is 0 Å². The number of rotatable bonds is 10. The molecular weight excluding hydrogens is 304 g/mol. The van der Waals surface area contributed by atoms with Crippen LogP contribution in [0.5, 0.6) is 0 Å². The summed E-state index contributed by atoms with van der Waals surface area (Å²) in [5.41, 5.74) is -0.587. The molecule has 0 spiro atoms. The summed E-state index contributed by atoms with van der Waals surface area (Å²) < 4.78 is 0. The van der Waals surface area contributed by atoms with E-state index in [1.165, 1.54) is 0 Å². The third-order valence-corrected chi connectivity index (χ3v) is 6.25. The monoisotopic (exact) mass is 344 g/mol. The molecule has 0 aliphatic heterocycles. The molecule has 0 saturated heterocycles. The van der Waals surface area contributed by atoms with Gasteiger partial charge >= 0.3 is 0 Å². The zero-order valence-corrected chi connectivity index (χ0v) is 17.2. The van der Waals surface area contributed by atoms with E-state index in [1.807, 2.05) is 0 Å². The summed E-state index contributed by atoms with van der Waals surface area (Å²) in [4.78, 5) is 23.8. The summed E-state index contributed by atoms with van der Waals surface area (Å²) in [5, 5.41) is 0. The Hall–Kier alpha value is -0.160. The van der Waals surface area contributed by atoms with Crippen LogP contribution in [0.1, 0.15) is 100 Å². The van der Waals surface area contributed by atoms with Gasteiger partial charge in [-0.2, -0.15) is 9.78 Å². The van der Waals surface area contributed by atoms with Gasteiger partial charge < -0.3 is 0 Å². The molecule has 1 saturated carbocycles. The Morgan fingerprint density at radius 3 is 1.58 bits per heavy atom. The molecule has 0 N–H and O–H groups in total. The summed E-state index contributed by atoms with van der Waals surface area (Å²) >= 11 is 0. The van der Waals surface area contributed by atoms with Gasteiger partial charge in [-0.1, -0.05) is 41.5 Å². The molecule has 0 aromatic rings. The maximum atomic E-state index is 6.02. The average molecular weight is 345 g/mol. The van der Waals surface area contributed by atoms with Crippen LogP contribution in [0.3, 0.4) is 0 Å². The minimum absolute atomic E-state index is 0.220. The molecule has 0 aromatic carbocycles. The van der Waals surface area contributed by atoms with E-state index in [2.05, 4.69) is 55.4 Å². The Balaban J connectivity index is 2.88. The van der Waals surface area contributed by atoms with E-state index in [-0.39, 0.29) is 17.1 Å². The van der Waals surface area contributed by atoms with E-state index in [0.29, 0.717) is 5.92 Å². The van der Waals surface area contributed by atoms with Gasteiger partial charge in [0.1, 0.15) is 11.2 Å². The van der Waals surface area contributed by atoms with Crippen molar-refractivity contribution in [1.29, 1.82) is 0 Å². The topological polar surface area (TPSA) is 36.9 Å². The molecule has 1 aliphatic carbocycles. The van der Waals surface area contributed by atoms with Crippen LogP contribution in [0, 0.1) is 11.8 Å². The molecule has 2 unspecified atom stereocenters. The first-order valence-electron chi connectivity index (χ1n) is 9.91. The van der Waals surface area contributed by atoms with Gasteiger partial charge in [0.25, 0.3) is 0 Å². The Kier molecular flexibility index (Phi) is 8.18. The third-order valence-electron chi connectivity index (χ3n) is 6.25. The van der Waals surface area contributed by atoms with Crippen LogP contribution in [0.15, 0.2) is 0 Å². The van der Waals surface area contributed by atoms with E-state index in [9.17, 15) is 0 Å². The van der Waals surface area contributed by atoms with Crippen molar-refractivity contribution in [3.8, 4) is 0 Å². The summed E-state index contributed by atoms with van der Waals surface area (Å²) in [6.45, 7) is 17.1. The zero-order chi connectivity index (χ0) is 18.4. The molecule has 0 amide bonds. The lowest BCUT2D eigenvalue weighted by atomic mass is 9.79. The van der Waals surface area contributed by atoms with Crippen LogP contribution in [0.25, 0.3) is 0 Å². The Morgan fingerprint density at radius 2 is 1.25 bits per heavy atom. The highest BCUT2D eigenvalue weighted by Gasteiger charge is 2.47. The first-order chi connectivity index (χ1) is 11.2. The highest BCUT2D eigenvalue weighted by molar-refractivity contribution is 4.83. The van der Waals surface area contributed by atoms with E-state index >= 15 is 0 Å². The second kappa shape index (κ2) is 8.98. The van der Waals surface area contributed by atoms with Crippen molar-refractivity contribution >= 4 is 0 Å². The van der Waals surface area contributed by atoms with Gasteiger partial charge in [-0.15, -0.1) is 0 Å². The molecule has 1 fully saturated rings. The first-order valence-corrected chi connectivity index (χ1v) is 9.91. The van der Waals surface area contributed by atoms with E-state index < -0.39 is 5.79 Å². The SMILES string of the molecule is CCC(C)(CC)OOC1(OOC(C)(CC)CC)CCC(C)CC1C. The lowest BCUT2D eigenvalue weighted by molar-refractivity contribution is -0.560. The van der Waals surface area contributed by atoms with Crippen LogP contribution in [-0.4, -0.2) is 17.0 Å². The molecule has 4 nitrogen and oxygen atoms in total. The maximum absolute atomic E-state index is 6.02. The minimum atomic E-state index is -0.816. The maximum Gasteiger partial charge on any atom is 0.236 e. The van der Waals surface area contributed by atoms with Gasteiger partial charge in [-0.25, -0.2) is 9.78 Å². The standard InChI is InChI=1S/C20H40O4/c1-9-18(7,10-2)21-23-20(14-13-16(5)15-17(20)6)24-22-19(8,11-3)12-4/h16-17H,9-15H2,1-8H3. The van der Waals surface area contributed by atoms with Gasteiger partial charge in [0.05, 0.1) is 0 Å². The van der Waals surface area contributed by atoms with Crippen molar-refractivity contribution in [1.82, 2.24) is 0 Å². The minimum Gasteiger partial charge on any atom is -0.227 e. The molecule has 0 aromatic heterocycles. The fourth-order valence-electron chi connectivity index (χ4n) is 2.93. The molecule has 4 heteroatoms. The predicted octanol–water partition coefficient (Wildman–Crippen LogP) is 6.19. The molecule has 144 valence electrons. The van der Waals surface area contributed by atoms with Crippen LogP contribution in [-0.2, 0) is 19.6 Å². The molecular formula is C20H40O4. The fourth-order valence-corrected chi connectivity index (χ4v) is 2.93. The summed E-state index contributed by atoms with van der Waals surface area (Å²) in [6.07, 6.45) is 6.49. The third kappa shape index (κ3) is 5.42. The Labute approximate surface area is 149 Å².